The van der Waals surface area contributed by atoms with Gasteiger partial charge in [-0.3, -0.25) is 0 Å². The Morgan fingerprint density at radius 2 is 1.37 bits per heavy atom. The molecule has 0 nitrogen and oxygen atoms in total. The highest BCUT2D eigenvalue weighted by Crippen LogP contribution is 2.28. The van der Waals surface area contributed by atoms with E-state index in [1.807, 2.05) is 13.8 Å². The first-order chi connectivity index (χ1) is 8.92. The number of allylic oxidation sites excluding steroid dienone is 1. The Balaban J connectivity index is -0.000000445. The molecule has 19 heavy (non-hydrogen) atoms. The van der Waals surface area contributed by atoms with Gasteiger partial charge in [0.25, 0.3) is 0 Å². The summed E-state index contributed by atoms with van der Waals surface area (Å²) in [6.45, 7) is 23.8. The molecule has 0 fully saturated rings. The van der Waals surface area contributed by atoms with Crippen LogP contribution in [0.2, 0.25) is 0 Å². The second-order valence-corrected chi connectivity index (χ2v) is 5.76. The standard InChI is InChI=1S/C14H28.C3H8.C2H6/c1-7-13(6)14(8-2)10-12(5)9-11(3)4;1-3-2;1-2/h12-14H,3,7-10H2,1-2,4-6H3;3H2,1-2H3;1-2H3. The summed E-state index contributed by atoms with van der Waals surface area (Å²) >= 11 is 0. The maximum Gasteiger partial charge on any atom is -0.0300 e. The number of rotatable bonds is 7. The van der Waals surface area contributed by atoms with Gasteiger partial charge in [0.1, 0.15) is 0 Å². The van der Waals surface area contributed by atoms with Crippen LogP contribution in [0.3, 0.4) is 0 Å². The van der Waals surface area contributed by atoms with Crippen molar-refractivity contribution in [3.05, 3.63) is 12.2 Å². The summed E-state index contributed by atoms with van der Waals surface area (Å²) in [7, 11) is 0. The fourth-order valence-electron chi connectivity index (χ4n) is 2.33. The monoisotopic (exact) mass is 270 g/mol. The molecule has 0 radical (unpaired) electrons. The van der Waals surface area contributed by atoms with Gasteiger partial charge in [-0.15, -0.1) is 6.58 Å². The van der Waals surface area contributed by atoms with Crippen LogP contribution < -0.4 is 0 Å². The van der Waals surface area contributed by atoms with E-state index in [1.54, 1.807) is 0 Å². The van der Waals surface area contributed by atoms with Crippen LogP contribution in [0.5, 0.6) is 0 Å². The molecule has 0 aromatic rings. The molecular weight excluding hydrogens is 228 g/mol. The summed E-state index contributed by atoms with van der Waals surface area (Å²) in [5.74, 6) is 2.60. The Labute approximate surface area is 125 Å². The minimum atomic E-state index is 0.812. The zero-order chi connectivity index (χ0) is 15.8. The fraction of sp³-hybridized carbons (Fsp3) is 0.895. The quantitative estimate of drug-likeness (QED) is 0.420. The molecule has 0 bridgehead atoms. The van der Waals surface area contributed by atoms with Crippen molar-refractivity contribution in [2.45, 2.75) is 94.4 Å². The van der Waals surface area contributed by atoms with Gasteiger partial charge >= 0.3 is 0 Å². The van der Waals surface area contributed by atoms with E-state index in [0.29, 0.717) is 0 Å². The van der Waals surface area contributed by atoms with Crippen molar-refractivity contribution in [2.24, 2.45) is 17.8 Å². The smallest absolute Gasteiger partial charge is 0.0300 e. The second-order valence-electron chi connectivity index (χ2n) is 5.76. The van der Waals surface area contributed by atoms with Crippen molar-refractivity contribution in [3.63, 3.8) is 0 Å². The van der Waals surface area contributed by atoms with Crippen molar-refractivity contribution in [2.75, 3.05) is 0 Å². The summed E-state index contributed by atoms with van der Waals surface area (Å²) in [5, 5.41) is 0. The molecule has 0 aliphatic carbocycles. The Morgan fingerprint density at radius 1 is 0.947 bits per heavy atom. The van der Waals surface area contributed by atoms with Crippen LogP contribution in [-0.2, 0) is 0 Å². The van der Waals surface area contributed by atoms with Crippen LogP contribution >= 0.6 is 0 Å². The lowest BCUT2D eigenvalue weighted by Gasteiger charge is -2.24. The third-order valence-electron chi connectivity index (χ3n) is 3.38. The van der Waals surface area contributed by atoms with Gasteiger partial charge in [-0.05, 0) is 37.5 Å². The summed E-state index contributed by atoms with van der Waals surface area (Å²) < 4.78 is 0. The first-order valence-electron chi connectivity index (χ1n) is 8.56. The molecule has 0 spiro atoms. The lowest BCUT2D eigenvalue weighted by molar-refractivity contribution is 0.275. The maximum absolute atomic E-state index is 3.99. The molecular formula is C19H42. The molecule has 0 saturated heterocycles. The zero-order valence-corrected chi connectivity index (χ0v) is 15.5. The topological polar surface area (TPSA) is 0 Å². The van der Waals surface area contributed by atoms with E-state index in [1.165, 1.54) is 37.7 Å². The first kappa shape index (κ1) is 23.8. The summed E-state index contributed by atoms with van der Waals surface area (Å²) in [5.41, 5.74) is 1.33. The van der Waals surface area contributed by atoms with E-state index in [9.17, 15) is 0 Å². The SMILES string of the molecule is C=C(C)CC(C)CC(CC)C(C)CC.CC.CCC. The van der Waals surface area contributed by atoms with Crippen LogP contribution in [0.1, 0.15) is 94.4 Å². The van der Waals surface area contributed by atoms with Crippen LogP contribution in [0.15, 0.2) is 12.2 Å². The number of hydrogen-bond acceptors (Lipinski definition) is 0. The fourth-order valence-corrected chi connectivity index (χ4v) is 2.33. The zero-order valence-electron chi connectivity index (χ0n) is 15.5. The Hall–Kier alpha value is -0.260. The van der Waals surface area contributed by atoms with Crippen LogP contribution in [-0.4, -0.2) is 0 Å². The van der Waals surface area contributed by atoms with Crippen LogP contribution in [0, 0.1) is 17.8 Å². The molecule has 0 heterocycles. The summed E-state index contributed by atoms with van der Waals surface area (Å²) in [4.78, 5) is 0. The molecule has 118 valence electrons. The van der Waals surface area contributed by atoms with Gasteiger partial charge in [0.2, 0.25) is 0 Å². The van der Waals surface area contributed by atoms with Crippen molar-refractivity contribution < 1.29 is 0 Å². The van der Waals surface area contributed by atoms with Gasteiger partial charge in [-0.1, -0.05) is 80.2 Å². The Bertz CT molecular complexity index is 169. The van der Waals surface area contributed by atoms with Crippen molar-refractivity contribution in [1.29, 1.82) is 0 Å². The molecule has 0 N–H and O–H groups in total. The van der Waals surface area contributed by atoms with Gasteiger partial charge in [-0.2, -0.15) is 0 Å². The molecule has 0 aliphatic heterocycles. The van der Waals surface area contributed by atoms with Gasteiger partial charge in [-0.25, -0.2) is 0 Å². The first-order valence-corrected chi connectivity index (χ1v) is 8.56. The van der Waals surface area contributed by atoms with E-state index < -0.39 is 0 Å². The van der Waals surface area contributed by atoms with Crippen molar-refractivity contribution >= 4 is 0 Å². The molecule has 3 unspecified atom stereocenters. The molecule has 0 rings (SSSR count). The van der Waals surface area contributed by atoms with E-state index in [0.717, 1.165) is 17.8 Å². The highest BCUT2D eigenvalue weighted by atomic mass is 14.2. The van der Waals surface area contributed by atoms with Crippen LogP contribution in [0.25, 0.3) is 0 Å². The lowest BCUT2D eigenvalue weighted by atomic mass is 9.81. The molecule has 0 saturated carbocycles. The van der Waals surface area contributed by atoms with Gasteiger partial charge in [0.05, 0.1) is 0 Å². The normalized spacial score (nSPS) is 14.2. The van der Waals surface area contributed by atoms with Gasteiger partial charge in [0.15, 0.2) is 0 Å². The Morgan fingerprint density at radius 3 is 1.63 bits per heavy atom. The van der Waals surface area contributed by atoms with Crippen molar-refractivity contribution in [3.8, 4) is 0 Å². The largest absolute Gasteiger partial charge is 0.100 e. The van der Waals surface area contributed by atoms with Gasteiger partial charge < -0.3 is 0 Å². The van der Waals surface area contributed by atoms with E-state index >= 15 is 0 Å². The van der Waals surface area contributed by atoms with E-state index in [4.69, 9.17) is 0 Å². The average Bonchev–Trinajstić information content (AvgIpc) is 2.37. The highest BCUT2D eigenvalue weighted by Gasteiger charge is 2.16. The summed E-state index contributed by atoms with van der Waals surface area (Å²) in [6, 6.07) is 0. The third-order valence-corrected chi connectivity index (χ3v) is 3.38. The predicted octanol–water partition coefficient (Wildman–Crippen LogP) is 7.49. The molecule has 0 aromatic heterocycles. The number of hydrogen-bond donors (Lipinski definition) is 0. The highest BCUT2D eigenvalue weighted by molar-refractivity contribution is 4.89. The predicted molar refractivity (Wildman–Crippen MR) is 93.8 cm³/mol. The average molecular weight is 271 g/mol. The minimum absolute atomic E-state index is 0.812. The molecule has 0 aromatic carbocycles. The maximum atomic E-state index is 3.99. The van der Waals surface area contributed by atoms with E-state index in [-0.39, 0.29) is 0 Å². The van der Waals surface area contributed by atoms with Crippen molar-refractivity contribution in [1.82, 2.24) is 0 Å². The molecule has 0 heteroatoms. The van der Waals surface area contributed by atoms with Crippen LogP contribution in [0.4, 0.5) is 0 Å². The molecule has 0 amide bonds. The van der Waals surface area contributed by atoms with E-state index in [2.05, 4.69) is 55.0 Å². The Kier molecular flexibility index (Phi) is 22.2. The summed E-state index contributed by atoms with van der Waals surface area (Å²) in [6.07, 6.45) is 6.47. The van der Waals surface area contributed by atoms with Gasteiger partial charge in [0, 0.05) is 0 Å². The lowest BCUT2D eigenvalue weighted by Crippen LogP contribution is -2.14. The second kappa shape index (κ2) is 17.7. The molecule has 3 atom stereocenters. The molecule has 0 aliphatic rings. The minimum Gasteiger partial charge on any atom is -0.100 e. The third kappa shape index (κ3) is 17.7.